The van der Waals surface area contributed by atoms with Crippen molar-refractivity contribution in [3.63, 3.8) is 0 Å². The van der Waals surface area contributed by atoms with Crippen molar-refractivity contribution in [3.05, 3.63) is 29.6 Å². The number of rotatable bonds is 2. The summed E-state index contributed by atoms with van der Waals surface area (Å²) in [5.41, 5.74) is 1.29. The number of nitriles is 1. The second kappa shape index (κ2) is 5.13. The molecule has 2 rings (SSSR count). The van der Waals surface area contributed by atoms with E-state index in [1.165, 1.54) is 12.1 Å². The number of ether oxygens (including phenoxy) is 1. The highest BCUT2D eigenvalue weighted by Crippen LogP contribution is 2.23. The van der Waals surface area contributed by atoms with Gasteiger partial charge in [0.05, 0.1) is 25.8 Å². The normalized spacial score (nSPS) is 20.1. The van der Waals surface area contributed by atoms with Crippen LogP contribution in [0.15, 0.2) is 18.2 Å². The van der Waals surface area contributed by atoms with E-state index < -0.39 is 6.10 Å². The molecule has 1 heterocycles. The van der Waals surface area contributed by atoms with Crippen molar-refractivity contribution in [2.24, 2.45) is 0 Å². The standard InChI is InChI=1S/C12H13FN2O2/c13-10-1-2-12(9(5-10)8-16)15-3-4-17-11(6-14)7-15/h1-2,5,11,16H,3-4,7-8H2. The number of hydrogen-bond donors (Lipinski definition) is 1. The summed E-state index contributed by atoms with van der Waals surface area (Å²) in [6.45, 7) is 1.31. The number of benzene rings is 1. The zero-order valence-corrected chi connectivity index (χ0v) is 9.27. The van der Waals surface area contributed by atoms with Gasteiger partial charge in [0.15, 0.2) is 6.10 Å². The zero-order valence-electron chi connectivity index (χ0n) is 9.27. The number of aliphatic hydroxyl groups excluding tert-OH is 1. The van der Waals surface area contributed by atoms with Crippen LogP contribution in [-0.2, 0) is 11.3 Å². The molecular weight excluding hydrogens is 223 g/mol. The number of hydrogen-bond acceptors (Lipinski definition) is 4. The van der Waals surface area contributed by atoms with Crippen LogP contribution < -0.4 is 4.90 Å². The second-order valence-electron chi connectivity index (χ2n) is 3.87. The summed E-state index contributed by atoms with van der Waals surface area (Å²) in [6.07, 6.45) is -0.472. The van der Waals surface area contributed by atoms with Crippen molar-refractivity contribution >= 4 is 5.69 Å². The van der Waals surface area contributed by atoms with E-state index in [1.54, 1.807) is 6.07 Å². The largest absolute Gasteiger partial charge is 0.392 e. The van der Waals surface area contributed by atoms with Crippen LogP contribution in [0.3, 0.4) is 0 Å². The summed E-state index contributed by atoms with van der Waals surface area (Å²) >= 11 is 0. The maximum Gasteiger partial charge on any atom is 0.161 e. The van der Waals surface area contributed by atoms with E-state index in [1.807, 2.05) is 4.90 Å². The Hall–Kier alpha value is -1.64. The molecule has 17 heavy (non-hydrogen) atoms. The summed E-state index contributed by atoms with van der Waals surface area (Å²) in [4.78, 5) is 1.93. The van der Waals surface area contributed by atoms with Crippen LogP contribution in [0.1, 0.15) is 5.56 Å². The molecular formula is C12H13FN2O2. The van der Waals surface area contributed by atoms with Gasteiger partial charge in [-0.2, -0.15) is 5.26 Å². The van der Waals surface area contributed by atoms with E-state index in [9.17, 15) is 9.50 Å². The van der Waals surface area contributed by atoms with Gasteiger partial charge in [-0.25, -0.2) is 4.39 Å². The first-order chi connectivity index (χ1) is 8.24. The molecule has 1 N–H and O–H groups in total. The zero-order chi connectivity index (χ0) is 12.3. The molecule has 0 amide bonds. The summed E-state index contributed by atoms with van der Waals surface area (Å²) < 4.78 is 18.3. The fraction of sp³-hybridized carbons (Fsp3) is 0.417. The molecule has 1 aliphatic rings. The van der Waals surface area contributed by atoms with Gasteiger partial charge in [0.1, 0.15) is 5.82 Å². The van der Waals surface area contributed by atoms with Gasteiger partial charge >= 0.3 is 0 Å². The minimum atomic E-state index is -0.472. The summed E-state index contributed by atoms with van der Waals surface area (Å²) in [7, 11) is 0. The van der Waals surface area contributed by atoms with Crippen LogP contribution in [0.4, 0.5) is 10.1 Å². The number of morpholine rings is 1. The van der Waals surface area contributed by atoms with Crippen LogP contribution in [-0.4, -0.2) is 30.9 Å². The van der Waals surface area contributed by atoms with Crippen LogP contribution >= 0.6 is 0 Å². The maximum atomic E-state index is 13.0. The van der Waals surface area contributed by atoms with Gasteiger partial charge in [0, 0.05) is 17.8 Å². The highest BCUT2D eigenvalue weighted by atomic mass is 19.1. The molecule has 1 aliphatic heterocycles. The summed E-state index contributed by atoms with van der Waals surface area (Å²) in [5.74, 6) is -0.372. The molecule has 1 fully saturated rings. The third-order valence-electron chi connectivity index (χ3n) is 2.76. The highest BCUT2D eigenvalue weighted by Gasteiger charge is 2.21. The quantitative estimate of drug-likeness (QED) is 0.833. The Morgan fingerprint density at radius 2 is 2.41 bits per heavy atom. The monoisotopic (exact) mass is 236 g/mol. The Balaban J connectivity index is 2.24. The Morgan fingerprint density at radius 1 is 1.59 bits per heavy atom. The first-order valence-electron chi connectivity index (χ1n) is 5.40. The van der Waals surface area contributed by atoms with Gasteiger partial charge < -0.3 is 14.7 Å². The molecule has 1 saturated heterocycles. The lowest BCUT2D eigenvalue weighted by Gasteiger charge is -2.32. The van der Waals surface area contributed by atoms with Gasteiger partial charge in [0.25, 0.3) is 0 Å². The number of nitrogens with zero attached hydrogens (tertiary/aromatic N) is 2. The highest BCUT2D eigenvalue weighted by molar-refractivity contribution is 5.54. The van der Waals surface area contributed by atoms with Crippen molar-refractivity contribution in [2.45, 2.75) is 12.7 Å². The number of anilines is 1. The third-order valence-corrected chi connectivity index (χ3v) is 2.76. The van der Waals surface area contributed by atoms with E-state index >= 15 is 0 Å². The average Bonchev–Trinajstić information content (AvgIpc) is 2.38. The molecule has 0 bridgehead atoms. The fourth-order valence-electron chi connectivity index (χ4n) is 1.94. The lowest BCUT2D eigenvalue weighted by atomic mass is 10.1. The Morgan fingerprint density at radius 3 is 3.12 bits per heavy atom. The number of halogens is 1. The van der Waals surface area contributed by atoms with Gasteiger partial charge in [-0.15, -0.1) is 0 Å². The molecule has 90 valence electrons. The second-order valence-corrected chi connectivity index (χ2v) is 3.87. The van der Waals surface area contributed by atoms with Crippen LogP contribution in [0.25, 0.3) is 0 Å². The van der Waals surface area contributed by atoms with Crippen LogP contribution in [0.2, 0.25) is 0 Å². The van der Waals surface area contributed by atoms with Gasteiger partial charge in [-0.1, -0.05) is 0 Å². The smallest absolute Gasteiger partial charge is 0.161 e. The minimum absolute atomic E-state index is 0.221. The Kier molecular flexibility index (Phi) is 3.57. The third kappa shape index (κ3) is 2.54. The molecule has 1 aromatic carbocycles. The molecule has 0 radical (unpaired) electrons. The molecule has 0 aliphatic carbocycles. The molecule has 5 heteroatoms. The van der Waals surface area contributed by atoms with E-state index in [0.29, 0.717) is 25.3 Å². The molecule has 0 spiro atoms. The van der Waals surface area contributed by atoms with Crippen molar-refractivity contribution in [1.29, 1.82) is 5.26 Å². The first-order valence-corrected chi connectivity index (χ1v) is 5.40. The minimum Gasteiger partial charge on any atom is -0.392 e. The molecule has 1 atom stereocenters. The van der Waals surface area contributed by atoms with Crippen molar-refractivity contribution < 1.29 is 14.2 Å². The lowest BCUT2D eigenvalue weighted by Crippen LogP contribution is -2.42. The average molecular weight is 236 g/mol. The van der Waals surface area contributed by atoms with E-state index in [0.717, 1.165) is 5.69 Å². The van der Waals surface area contributed by atoms with E-state index in [2.05, 4.69) is 6.07 Å². The van der Waals surface area contributed by atoms with Crippen LogP contribution in [0, 0.1) is 17.1 Å². The predicted octanol–water partition coefficient (Wildman–Crippen LogP) is 1.05. The SMILES string of the molecule is N#CC1CN(c2ccc(F)cc2CO)CCO1. The molecule has 0 aromatic heterocycles. The lowest BCUT2D eigenvalue weighted by molar-refractivity contribution is 0.0763. The summed E-state index contributed by atoms with van der Waals surface area (Å²) in [6, 6.07) is 6.34. The molecule has 4 nitrogen and oxygen atoms in total. The van der Waals surface area contributed by atoms with Crippen LogP contribution in [0.5, 0.6) is 0 Å². The Labute approximate surface area is 98.8 Å². The van der Waals surface area contributed by atoms with E-state index in [-0.39, 0.29) is 12.4 Å². The molecule has 1 aromatic rings. The van der Waals surface area contributed by atoms with Crippen molar-refractivity contribution in [1.82, 2.24) is 0 Å². The topological polar surface area (TPSA) is 56.5 Å². The number of aliphatic hydroxyl groups is 1. The maximum absolute atomic E-state index is 13.0. The van der Waals surface area contributed by atoms with Crippen molar-refractivity contribution in [3.8, 4) is 6.07 Å². The fourth-order valence-corrected chi connectivity index (χ4v) is 1.94. The van der Waals surface area contributed by atoms with Gasteiger partial charge in [-0.05, 0) is 18.2 Å². The van der Waals surface area contributed by atoms with Crippen molar-refractivity contribution in [2.75, 3.05) is 24.6 Å². The molecule has 0 saturated carbocycles. The predicted molar refractivity (Wildman–Crippen MR) is 59.9 cm³/mol. The van der Waals surface area contributed by atoms with Gasteiger partial charge in [0.2, 0.25) is 0 Å². The van der Waals surface area contributed by atoms with Gasteiger partial charge in [-0.3, -0.25) is 0 Å². The van der Waals surface area contributed by atoms with E-state index in [4.69, 9.17) is 10.00 Å². The summed E-state index contributed by atoms with van der Waals surface area (Å²) in [5, 5.41) is 18.0. The first kappa shape index (κ1) is 11.8. The molecule has 1 unspecified atom stereocenters. The Bertz CT molecular complexity index is 445.